The van der Waals surface area contributed by atoms with Crippen LogP contribution < -0.4 is 0 Å². The molecule has 0 aromatic heterocycles. The molecular weight excluding hydrogens is 132 g/mol. The van der Waals surface area contributed by atoms with E-state index in [1.807, 2.05) is 6.92 Å². The van der Waals surface area contributed by atoms with Crippen LogP contribution in [0.2, 0.25) is 0 Å². The van der Waals surface area contributed by atoms with Crippen LogP contribution in [-0.4, -0.2) is 0 Å². The minimum atomic E-state index is 0.929. The zero-order valence-corrected chi connectivity index (χ0v) is 7.73. The molecule has 0 nitrogen and oxygen atoms in total. The summed E-state index contributed by atoms with van der Waals surface area (Å²) < 4.78 is 0. The molecule has 0 heterocycles. The Morgan fingerprint density at radius 3 is 1.73 bits per heavy atom. The molecule has 0 unspecified atom stereocenters. The average Bonchev–Trinajstić information content (AvgIpc) is 2.73. The lowest BCUT2D eigenvalue weighted by atomic mass is 9.87. The molecule has 64 valence electrons. The third kappa shape index (κ3) is 2.69. The van der Waals surface area contributed by atoms with E-state index in [1.165, 1.54) is 19.3 Å². The summed E-state index contributed by atoms with van der Waals surface area (Å²) in [5, 5.41) is 0. The quantitative estimate of drug-likeness (QED) is 0.461. The van der Waals surface area contributed by atoms with E-state index >= 15 is 0 Å². The van der Waals surface area contributed by atoms with E-state index in [4.69, 9.17) is 0 Å². The lowest BCUT2D eigenvalue weighted by Crippen LogP contribution is -2.05. The van der Waals surface area contributed by atoms with Crippen molar-refractivity contribution in [2.75, 3.05) is 0 Å². The summed E-state index contributed by atoms with van der Waals surface area (Å²) in [5.41, 5.74) is 0.929. The van der Waals surface area contributed by atoms with Crippen LogP contribution in [0.15, 0.2) is 12.7 Å². The van der Waals surface area contributed by atoms with E-state index in [-0.39, 0.29) is 0 Å². The normalized spacial score (nSPS) is 25.2. The van der Waals surface area contributed by atoms with Gasteiger partial charge >= 0.3 is 0 Å². The van der Waals surface area contributed by atoms with Crippen LogP contribution in [0.1, 0.15) is 51.9 Å². The lowest BCUT2D eigenvalue weighted by Gasteiger charge is -2.19. The maximum Gasteiger partial charge on any atom is -0.0297 e. The Kier molecular flexibility index (Phi) is 3.16. The van der Waals surface area contributed by atoms with Gasteiger partial charge < -0.3 is 0 Å². The maximum atomic E-state index is 3.36. The van der Waals surface area contributed by atoms with Crippen molar-refractivity contribution in [1.82, 2.24) is 0 Å². The van der Waals surface area contributed by atoms with Gasteiger partial charge in [0.1, 0.15) is 0 Å². The van der Waals surface area contributed by atoms with Crippen molar-refractivity contribution in [1.29, 1.82) is 0 Å². The van der Waals surface area contributed by atoms with Gasteiger partial charge in [0, 0.05) is 0 Å². The fourth-order valence-corrected chi connectivity index (χ4v) is 1.98. The molecule has 2 aliphatic rings. The molecule has 0 saturated heterocycles. The van der Waals surface area contributed by atoms with Gasteiger partial charge in [0.25, 0.3) is 0 Å². The molecule has 2 saturated carbocycles. The van der Waals surface area contributed by atoms with Crippen LogP contribution in [0, 0.1) is 5.41 Å². The van der Waals surface area contributed by atoms with Crippen molar-refractivity contribution in [3.05, 3.63) is 12.7 Å². The summed E-state index contributed by atoms with van der Waals surface area (Å²) in [6.45, 7) is 5.25. The third-order valence-electron chi connectivity index (χ3n) is 2.87. The second kappa shape index (κ2) is 3.94. The molecule has 2 fully saturated rings. The van der Waals surface area contributed by atoms with Gasteiger partial charge in [-0.15, -0.1) is 6.58 Å². The zero-order valence-electron chi connectivity index (χ0n) is 7.73. The third-order valence-corrected chi connectivity index (χ3v) is 2.87. The first kappa shape index (κ1) is 8.83. The first-order valence-electron chi connectivity index (χ1n) is 4.90. The van der Waals surface area contributed by atoms with Gasteiger partial charge in [-0.05, 0) is 38.0 Å². The van der Waals surface area contributed by atoms with E-state index < -0.39 is 0 Å². The fraction of sp³-hybridized carbons (Fsp3) is 0.818. The standard InChI is InChI=1S/C8H14.C3H6/c1-2-4-8(5-3-1)6-7-8;1-3-2/h1-7H2;3H,1H2,2H3. The van der Waals surface area contributed by atoms with Crippen molar-refractivity contribution >= 4 is 0 Å². The van der Waals surface area contributed by atoms with Gasteiger partial charge in [-0.1, -0.05) is 25.3 Å². The molecule has 0 aromatic carbocycles. The van der Waals surface area contributed by atoms with Gasteiger partial charge in [0.15, 0.2) is 0 Å². The molecule has 0 aromatic rings. The summed E-state index contributed by atoms with van der Waals surface area (Å²) in [4.78, 5) is 0. The summed E-state index contributed by atoms with van der Waals surface area (Å²) in [7, 11) is 0. The first-order chi connectivity index (χ1) is 5.33. The lowest BCUT2D eigenvalue weighted by molar-refractivity contribution is 0.337. The van der Waals surface area contributed by atoms with Crippen molar-refractivity contribution < 1.29 is 0 Å². The van der Waals surface area contributed by atoms with Crippen LogP contribution in [0.25, 0.3) is 0 Å². The number of allylic oxidation sites excluding steroid dienone is 1. The summed E-state index contributed by atoms with van der Waals surface area (Å²) in [5.74, 6) is 0. The van der Waals surface area contributed by atoms with E-state index in [0.717, 1.165) is 5.41 Å². The van der Waals surface area contributed by atoms with Gasteiger partial charge in [0.2, 0.25) is 0 Å². The zero-order chi connectivity index (χ0) is 8.16. The molecule has 1 spiro atoms. The molecule has 0 N–H and O–H groups in total. The summed E-state index contributed by atoms with van der Waals surface area (Å²) in [6, 6.07) is 0. The highest BCUT2D eigenvalue weighted by atomic mass is 14.5. The molecule has 0 radical (unpaired) electrons. The number of hydrogen-bond acceptors (Lipinski definition) is 0. The van der Waals surface area contributed by atoms with Crippen LogP contribution in [0.4, 0.5) is 0 Å². The van der Waals surface area contributed by atoms with Gasteiger partial charge in [-0.3, -0.25) is 0 Å². The van der Waals surface area contributed by atoms with E-state index in [2.05, 4.69) is 6.58 Å². The van der Waals surface area contributed by atoms with Crippen LogP contribution in [0.5, 0.6) is 0 Å². The minimum absolute atomic E-state index is 0.929. The van der Waals surface area contributed by atoms with Crippen LogP contribution in [0.3, 0.4) is 0 Å². The van der Waals surface area contributed by atoms with Gasteiger partial charge in [-0.25, -0.2) is 0 Å². The molecule has 0 atom stereocenters. The van der Waals surface area contributed by atoms with Crippen molar-refractivity contribution in [2.24, 2.45) is 5.41 Å². The second-order valence-electron chi connectivity index (χ2n) is 3.97. The maximum absolute atomic E-state index is 3.36. The van der Waals surface area contributed by atoms with E-state index in [9.17, 15) is 0 Å². The average molecular weight is 152 g/mol. The molecule has 11 heavy (non-hydrogen) atoms. The topological polar surface area (TPSA) is 0 Å². The molecule has 0 bridgehead atoms. The monoisotopic (exact) mass is 152 g/mol. The van der Waals surface area contributed by atoms with Crippen molar-refractivity contribution in [3.8, 4) is 0 Å². The molecule has 0 amide bonds. The predicted molar refractivity (Wildman–Crippen MR) is 50.6 cm³/mol. The Labute approximate surface area is 70.7 Å². The fourth-order valence-electron chi connectivity index (χ4n) is 1.98. The molecular formula is C11H20. The van der Waals surface area contributed by atoms with Crippen LogP contribution in [-0.2, 0) is 0 Å². The second-order valence-corrected chi connectivity index (χ2v) is 3.97. The molecule has 2 aliphatic carbocycles. The molecule has 0 heteroatoms. The highest BCUT2D eigenvalue weighted by Gasteiger charge is 2.42. The molecule has 0 aliphatic heterocycles. The SMILES string of the molecule is C1CCC2(CC1)CC2.C=CC. The Hall–Kier alpha value is -0.260. The van der Waals surface area contributed by atoms with Gasteiger partial charge in [-0.2, -0.15) is 0 Å². The Morgan fingerprint density at radius 2 is 1.45 bits per heavy atom. The predicted octanol–water partition coefficient (Wildman–Crippen LogP) is 3.92. The van der Waals surface area contributed by atoms with Crippen LogP contribution >= 0.6 is 0 Å². The van der Waals surface area contributed by atoms with E-state index in [1.54, 1.807) is 31.8 Å². The van der Waals surface area contributed by atoms with Crippen molar-refractivity contribution in [3.63, 3.8) is 0 Å². The number of hydrogen-bond donors (Lipinski definition) is 0. The van der Waals surface area contributed by atoms with Gasteiger partial charge in [0.05, 0.1) is 0 Å². The first-order valence-corrected chi connectivity index (χ1v) is 4.90. The highest BCUT2D eigenvalue weighted by molar-refractivity contribution is 4.94. The summed E-state index contributed by atoms with van der Waals surface area (Å²) >= 11 is 0. The van der Waals surface area contributed by atoms with Crippen molar-refractivity contribution in [2.45, 2.75) is 51.9 Å². The Bertz CT molecular complexity index is 112. The highest BCUT2D eigenvalue weighted by Crippen LogP contribution is 2.55. The summed E-state index contributed by atoms with van der Waals surface area (Å²) in [6.07, 6.45) is 12.6. The smallest absolute Gasteiger partial charge is 0.0297 e. The largest absolute Gasteiger partial charge is 0.103 e. The Morgan fingerprint density at radius 1 is 1.00 bits per heavy atom. The van der Waals surface area contributed by atoms with E-state index in [0.29, 0.717) is 0 Å². The number of rotatable bonds is 0. The molecule has 2 rings (SSSR count). The minimum Gasteiger partial charge on any atom is -0.103 e. The Balaban J connectivity index is 0.000000179.